The molecule has 0 radical (unpaired) electrons. The van der Waals surface area contributed by atoms with Gasteiger partial charge in [0.15, 0.2) is 17.2 Å². The zero-order valence-electron chi connectivity index (χ0n) is 18.3. The molecule has 34 heavy (non-hydrogen) atoms. The first kappa shape index (κ1) is 23.2. The molecule has 0 aliphatic carbocycles. The summed E-state index contributed by atoms with van der Waals surface area (Å²) in [5.74, 6) is 0.483. The number of cyclic esters (lactones) is 1. The summed E-state index contributed by atoms with van der Waals surface area (Å²) in [6.45, 7) is 2.39. The Kier molecular flexibility index (Phi) is 6.74. The topological polar surface area (TPSA) is 100 Å². The van der Waals surface area contributed by atoms with Gasteiger partial charge in [-0.2, -0.15) is 0 Å². The number of nitrogens with zero attached hydrogens (tertiary/aromatic N) is 2. The minimum Gasteiger partial charge on any atom is -0.493 e. The number of non-ortho nitro benzene ring substituents is 1. The summed E-state index contributed by atoms with van der Waals surface area (Å²) < 4.78 is 17.4. The largest absolute Gasteiger partial charge is 0.493 e. The number of aliphatic imine (C=N–C) groups is 1. The Morgan fingerprint density at radius 2 is 1.88 bits per heavy atom. The predicted octanol–water partition coefficient (Wildman–Crippen LogP) is 5.60. The van der Waals surface area contributed by atoms with Crippen LogP contribution >= 0.6 is 15.9 Å². The summed E-state index contributed by atoms with van der Waals surface area (Å²) in [5, 5.41) is 10.8. The van der Waals surface area contributed by atoms with Gasteiger partial charge >= 0.3 is 5.97 Å². The Morgan fingerprint density at radius 3 is 2.56 bits per heavy atom. The minimum absolute atomic E-state index is 0.0638. The van der Waals surface area contributed by atoms with Crippen molar-refractivity contribution in [3.63, 3.8) is 0 Å². The Bertz CT molecular complexity index is 1330. The molecule has 3 aromatic rings. The number of carbonyl (C=O) groups is 1. The van der Waals surface area contributed by atoms with E-state index >= 15 is 0 Å². The van der Waals surface area contributed by atoms with Crippen molar-refractivity contribution in [3.05, 3.63) is 103 Å². The van der Waals surface area contributed by atoms with E-state index in [0.29, 0.717) is 33.7 Å². The summed E-state index contributed by atoms with van der Waals surface area (Å²) in [6, 6.07) is 17.1. The molecule has 0 N–H and O–H groups in total. The van der Waals surface area contributed by atoms with Crippen molar-refractivity contribution < 1.29 is 23.9 Å². The molecule has 9 heteroatoms. The molecule has 1 heterocycles. The predicted molar refractivity (Wildman–Crippen MR) is 130 cm³/mol. The maximum absolute atomic E-state index is 12.4. The van der Waals surface area contributed by atoms with Crippen LogP contribution in [0.5, 0.6) is 11.5 Å². The van der Waals surface area contributed by atoms with Crippen molar-refractivity contribution in [2.75, 3.05) is 7.11 Å². The lowest BCUT2D eigenvalue weighted by Gasteiger charge is -2.14. The number of hydrogen-bond donors (Lipinski definition) is 0. The minimum atomic E-state index is -0.622. The first-order valence-corrected chi connectivity index (χ1v) is 11.0. The Labute approximate surface area is 203 Å². The fraction of sp³-hybridized carbons (Fsp3) is 0.120. The van der Waals surface area contributed by atoms with Gasteiger partial charge < -0.3 is 14.2 Å². The van der Waals surface area contributed by atoms with E-state index < -0.39 is 10.9 Å². The van der Waals surface area contributed by atoms with Crippen molar-refractivity contribution in [2.24, 2.45) is 4.99 Å². The number of carbonyl (C=O) groups excluding carboxylic acids is 1. The monoisotopic (exact) mass is 522 g/mol. The molecule has 0 atom stereocenters. The lowest BCUT2D eigenvalue weighted by atomic mass is 10.1. The smallest absolute Gasteiger partial charge is 0.363 e. The van der Waals surface area contributed by atoms with Crippen molar-refractivity contribution >= 4 is 39.6 Å². The van der Waals surface area contributed by atoms with Crippen molar-refractivity contribution in [3.8, 4) is 11.5 Å². The zero-order valence-corrected chi connectivity index (χ0v) is 19.9. The highest BCUT2D eigenvalue weighted by atomic mass is 79.9. The van der Waals surface area contributed by atoms with Crippen LogP contribution in [0, 0.1) is 17.0 Å². The molecule has 1 aliphatic rings. The summed E-state index contributed by atoms with van der Waals surface area (Å²) in [5.41, 5.74) is 3.32. The highest BCUT2D eigenvalue weighted by molar-refractivity contribution is 9.10. The molecule has 0 saturated heterocycles. The molecule has 0 aromatic heterocycles. The molecule has 0 spiro atoms. The van der Waals surface area contributed by atoms with Crippen molar-refractivity contribution in [2.45, 2.75) is 13.5 Å². The molecule has 0 bridgehead atoms. The quantitative estimate of drug-likeness (QED) is 0.173. The molecular weight excluding hydrogens is 504 g/mol. The third-order valence-electron chi connectivity index (χ3n) is 5.13. The van der Waals surface area contributed by atoms with Gasteiger partial charge in [-0.1, -0.05) is 24.3 Å². The van der Waals surface area contributed by atoms with E-state index in [9.17, 15) is 14.9 Å². The number of benzene rings is 3. The van der Waals surface area contributed by atoms with E-state index in [4.69, 9.17) is 14.2 Å². The number of aryl methyl sites for hydroxylation is 1. The zero-order chi connectivity index (χ0) is 24.2. The lowest BCUT2D eigenvalue weighted by Crippen LogP contribution is -2.05. The number of methoxy groups -OCH3 is 1. The molecule has 0 fully saturated rings. The fourth-order valence-corrected chi connectivity index (χ4v) is 3.88. The standard InChI is InChI=1S/C25H19BrN2O6/c1-15-5-3-4-6-18(15)14-33-23-20(26)11-16(13-22(23)32-2)12-21-25(29)34-24(27-21)17-7-9-19(10-8-17)28(30)31/h3-13H,14H2,1-2H3/b21-12-. The number of nitro benzene ring substituents is 1. The highest BCUT2D eigenvalue weighted by Gasteiger charge is 2.25. The van der Waals surface area contributed by atoms with Crippen molar-refractivity contribution in [1.29, 1.82) is 0 Å². The van der Waals surface area contributed by atoms with E-state index in [-0.39, 0.29) is 17.3 Å². The number of hydrogen-bond acceptors (Lipinski definition) is 7. The SMILES string of the molecule is COc1cc(/C=C2\N=C(c3ccc([N+](=O)[O-])cc3)OC2=O)cc(Br)c1OCc1ccccc1C. The molecule has 8 nitrogen and oxygen atoms in total. The lowest BCUT2D eigenvalue weighted by molar-refractivity contribution is -0.384. The van der Waals surface area contributed by atoms with Crippen LogP contribution in [-0.4, -0.2) is 23.9 Å². The number of nitro groups is 1. The van der Waals surface area contributed by atoms with Crippen LogP contribution in [0.15, 0.2) is 75.8 Å². The van der Waals surface area contributed by atoms with E-state index in [0.717, 1.165) is 11.1 Å². The second-order valence-corrected chi connectivity index (χ2v) is 8.24. The van der Waals surface area contributed by atoms with E-state index in [1.165, 1.54) is 31.4 Å². The number of ether oxygens (including phenoxy) is 3. The van der Waals surface area contributed by atoms with Gasteiger partial charge in [0.2, 0.25) is 5.90 Å². The maximum Gasteiger partial charge on any atom is 0.363 e. The molecule has 3 aromatic carbocycles. The third-order valence-corrected chi connectivity index (χ3v) is 5.72. The van der Waals surface area contributed by atoms with Crippen LogP contribution in [0.3, 0.4) is 0 Å². The Morgan fingerprint density at radius 1 is 1.15 bits per heavy atom. The molecule has 4 rings (SSSR count). The molecular formula is C25H19BrN2O6. The van der Waals surface area contributed by atoms with Gasteiger partial charge in [0.05, 0.1) is 16.5 Å². The van der Waals surface area contributed by atoms with Crippen LogP contribution in [-0.2, 0) is 16.1 Å². The van der Waals surface area contributed by atoms with Crippen molar-refractivity contribution in [1.82, 2.24) is 0 Å². The summed E-state index contributed by atoms with van der Waals surface area (Å²) in [7, 11) is 1.54. The number of esters is 1. The van der Waals surface area contributed by atoms with E-state index in [1.54, 1.807) is 18.2 Å². The van der Waals surface area contributed by atoms with Gasteiger partial charge in [-0.15, -0.1) is 0 Å². The summed E-state index contributed by atoms with van der Waals surface area (Å²) >= 11 is 3.52. The average Bonchev–Trinajstić information content (AvgIpc) is 3.19. The summed E-state index contributed by atoms with van der Waals surface area (Å²) in [4.78, 5) is 26.9. The van der Waals surface area contributed by atoms with Gasteiger partial charge in [-0.3, -0.25) is 10.1 Å². The average molecular weight is 523 g/mol. The number of rotatable bonds is 7. The second-order valence-electron chi connectivity index (χ2n) is 7.39. The molecule has 0 unspecified atom stereocenters. The first-order valence-electron chi connectivity index (χ1n) is 10.2. The summed E-state index contributed by atoms with van der Waals surface area (Å²) in [6.07, 6.45) is 1.57. The maximum atomic E-state index is 12.4. The first-order chi connectivity index (χ1) is 16.4. The molecule has 172 valence electrons. The Balaban J connectivity index is 1.58. The van der Waals surface area contributed by atoms with Gasteiger partial charge in [0.1, 0.15) is 6.61 Å². The molecule has 0 saturated carbocycles. The van der Waals surface area contributed by atoms with Gasteiger partial charge in [0.25, 0.3) is 5.69 Å². The van der Waals surface area contributed by atoms with Crippen LogP contribution in [0.2, 0.25) is 0 Å². The fourth-order valence-electron chi connectivity index (χ4n) is 3.30. The van der Waals surface area contributed by atoms with E-state index in [1.807, 2.05) is 31.2 Å². The van der Waals surface area contributed by atoms with E-state index in [2.05, 4.69) is 20.9 Å². The number of halogens is 1. The Hall–Kier alpha value is -3.98. The van der Waals surface area contributed by atoms with Crippen LogP contribution in [0.25, 0.3) is 6.08 Å². The van der Waals surface area contributed by atoms with Crippen LogP contribution in [0.4, 0.5) is 5.69 Å². The van der Waals surface area contributed by atoms with Gasteiger partial charge in [0, 0.05) is 17.7 Å². The van der Waals surface area contributed by atoms with Gasteiger partial charge in [-0.25, -0.2) is 9.79 Å². The van der Waals surface area contributed by atoms with Gasteiger partial charge in [-0.05, 0) is 69.9 Å². The normalized spacial score (nSPS) is 14.0. The molecule has 1 aliphatic heterocycles. The second kappa shape index (κ2) is 9.88. The molecule has 0 amide bonds. The van der Waals surface area contributed by atoms with Crippen LogP contribution < -0.4 is 9.47 Å². The third kappa shape index (κ3) is 4.99. The van der Waals surface area contributed by atoms with Crippen LogP contribution in [0.1, 0.15) is 22.3 Å². The highest BCUT2D eigenvalue weighted by Crippen LogP contribution is 2.38.